The number of halogens is 1. The molecule has 1 heterocycles. The van der Waals surface area contributed by atoms with Gasteiger partial charge in [0, 0.05) is 38.2 Å². The van der Waals surface area contributed by atoms with Crippen molar-refractivity contribution in [3.05, 3.63) is 35.1 Å². The smallest absolute Gasteiger partial charge is 0.191 e. The van der Waals surface area contributed by atoms with E-state index in [-0.39, 0.29) is 23.9 Å². The van der Waals surface area contributed by atoms with E-state index in [1.165, 1.54) is 12.1 Å². The summed E-state index contributed by atoms with van der Waals surface area (Å²) in [4.78, 5) is 4.21. The predicted molar refractivity (Wildman–Crippen MR) is 101 cm³/mol. The Hall–Kier alpha value is -2.13. The molecule has 2 unspecified atom stereocenters. The summed E-state index contributed by atoms with van der Waals surface area (Å²) >= 11 is 0. The largest absolute Gasteiger partial charge is 0.377 e. The Morgan fingerprint density at radius 3 is 2.81 bits per heavy atom. The van der Waals surface area contributed by atoms with Crippen molar-refractivity contribution in [1.29, 1.82) is 5.26 Å². The summed E-state index contributed by atoms with van der Waals surface area (Å²) in [5.41, 5.74) is 0.976. The molecular formula is C20H29FN4O. The van der Waals surface area contributed by atoms with Crippen LogP contribution in [0.4, 0.5) is 4.39 Å². The Labute approximate surface area is 155 Å². The molecule has 1 aromatic carbocycles. The fourth-order valence-electron chi connectivity index (χ4n) is 3.42. The lowest BCUT2D eigenvalue weighted by Gasteiger charge is -2.40. The van der Waals surface area contributed by atoms with Crippen LogP contribution in [0.15, 0.2) is 23.2 Å². The zero-order valence-electron chi connectivity index (χ0n) is 16.1. The van der Waals surface area contributed by atoms with Gasteiger partial charge in [-0.3, -0.25) is 4.99 Å². The van der Waals surface area contributed by atoms with Gasteiger partial charge in [-0.1, -0.05) is 20.8 Å². The van der Waals surface area contributed by atoms with Gasteiger partial charge < -0.3 is 15.4 Å². The third-order valence-corrected chi connectivity index (χ3v) is 4.67. The van der Waals surface area contributed by atoms with Crippen LogP contribution in [0, 0.1) is 28.5 Å². The maximum Gasteiger partial charge on any atom is 0.191 e. The number of benzene rings is 1. The molecule has 2 atom stereocenters. The first-order valence-electron chi connectivity index (χ1n) is 9.09. The molecule has 1 saturated heterocycles. The molecule has 142 valence electrons. The molecule has 1 aliphatic rings. The molecule has 6 heteroatoms. The van der Waals surface area contributed by atoms with Crippen LogP contribution in [-0.2, 0) is 11.3 Å². The monoisotopic (exact) mass is 360 g/mol. The van der Waals surface area contributed by atoms with Crippen LogP contribution in [-0.4, -0.2) is 32.3 Å². The first-order valence-corrected chi connectivity index (χ1v) is 9.09. The maximum absolute atomic E-state index is 13.9. The second kappa shape index (κ2) is 9.00. The van der Waals surface area contributed by atoms with Crippen LogP contribution in [0.25, 0.3) is 0 Å². The third kappa shape index (κ3) is 5.43. The van der Waals surface area contributed by atoms with Crippen LogP contribution in [0.2, 0.25) is 0 Å². The van der Waals surface area contributed by atoms with Crippen LogP contribution in [0.3, 0.4) is 0 Å². The van der Waals surface area contributed by atoms with Crippen molar-refractivity contribution in [2.75, 3.05) is 20.2 Å². The molecule has 0 aliphatic carbocycles. The van der Waals surface area contributed by atoms with Crippen LogP contribution >= 0.6 is 0 Å². The van der Waals surface area contributed by atoms with E-state index in [2.05, 4.69) is 36.4 Å². The number of ether oxygens (including phenoxy) is 1. The average Bonchev–Trinajstić information content (AvgIpc) is 2.62. The Bertz CT molecular complexity index is 675. The van der Waals surface area contributed by atoms with E-state index in [9.17, 15) is 4.39 Å². The highest BCUT2D eigenvalue weighted by Crippen LogP contribution is 2.33. The van der Waals surface area contributed by atoms with Gasteiger partial charge in [0.15, 0.2) is 5.96 Å². The molecule has 0 amide bonds. The summed E-state index contributed by atoms with van der Waals surface area (Å²) in [6.07, 6.45) is 2.38. The minimum absolute atomic E-state index is 0.0879. The summed E-state index contributed by atoms with van der Waals surface area (Å²) < 4.78 is 19.9. The number of aliphatic imine (C=N–C) groups is 1. The van der Waals surface area contributed by atoms with E-state index in [0.717, 1.165) is 26.0 Å². The van der Waals surface area contributed by atoms with Gasteiger partial charge in [-0.15, -0.1) is 0 Å². The van der Waals surface area contributed by atoms with Crippen molar-refractivity contribution in [1.82, 2.24) is 10.6 Å². The number of nitrogens with zero attached hydrogens (tertiary/aromatic N) is 2. The third-order valence-electron chi connectivity index (χ3n) is 4.67. The van der Waals surface area contributed by atoms with Crippen LogP contribution in [0.5, 0.6) is 0 Å². The number of rotatable bonds is 4. The van der Waals surface area contributed by atoms with Gasteiger partial charge in [0.1, 0.15) is 5.82 Å². The average molecular weight is 360 g/mol. The second-order valence-electron chi connectivity index (χ2n) is 7.78. The molecule has 2 N–H and O–H groups in total. The lowest BCUT2D eigenvalue weighted by Crippen LogP contribution is -2.47. The van der Waals surface area contributed by atoms with Gasteiger partial charge >= 0.3 is 0 Å². The predicted octanol–water partition coefficient (Wildman–Crippen LogP) is 3.20. The van der Waals surface area contributed by atoms with Gasteiger partial charge in [-0.05, 0) is 36.5 Å². The van der Waals surface area contributed by atoms with Crippen molar-refractivity contribution in [2.45, 2.75) is 46.3 Å². The number of nitrogens with one attached hydrogen (secondary N) is 2. The summed E-state index contributed by atoms with van der Waals surface area (Å²) in [6, 6.07) is 6.38. The quantitative estimate of drug-likeness (QED) is 0.639. The molecule has 0 bridgehead atoms. The van der Waals surface area contributed by atoms with Crippen LogP contribution < -0.4 is 10.6 Å². The van der Waals surface area contributed by atoms with Gasteiger partial charge in [0.25, 0.3) is 0 Å². The lowest BCUT2D eigenvalue weighted by atomic mass is 9.78. The molecule has 0 spiro atoms. The summed E-state index contributed by atoms with van der Waals surface area (Å²) in [5.74, 6) is 0.686. The highest BCUT2D eigenvalue weighted by atomic mass is 19.1. The van der Waals surface area contributed by atoms with Gasteiger partial charge in [-0.25, -0.2) is 4.39 Å². The standard InChI is InChI=1S/C20H29FN4O/c1-20(2,3)18-15(6-5-9-26-18)12-24-19(23-4)25-13-16-10-14(11-22)7-8-17(16)21/h7-8,10,15,18H,5-6,9,12-13H2,1-4H3,(H2,23,24,25). The van der Waals surface area contributed by atoms with Crippen molar-refractivity contribution < 1.29 is 9.13 Å². The van der Waals surface area contributed by atoms with E-state index in [1.807, 2.05) is 6.07 Å². The zero-order valence-corrected chi connectivity index (χ0v) is 16.1. The van der Waals surface area contributed by atoms with Crippen LogP contribution in [0.1, 0.15) is 44.7 Å². The topological polar surface area (TPSA) is 69.4 Å². The van der Waals surface area contributed by atoms with E-state index >= 15 is 0 Å². The summed E-state index contributed by atoms with van der Waals surface area (Å²) in [7, 11) is 1.69. The zero-order chi connectivity index (χ0) is 19.2. The minimum Gasteiger partial charge on any atom is -0.377 e. The van der Waals surface area contributed by atoms with Gasteiger partial charge in [0.2, 0.25) is 0 Å². The molecule has 0 saturated carbocycles. The summed E-state index contributed by atoms with van der Waals surface area (Å²) in [6.45, 7) is 8.45. The fraction of sp³-hybridized carbons (Fsp3) is 0.600. The number of hydrogen-bond acceptors (Lipinski definition) is 3. The fourth-order valence-corrected chi connectivity index (χ4v) is 3.42. The Morgan fingerprint density at radius 1 is 1.38 bits per heavy atom. The first-order chi connectivity index (χ1) is 12.3. The molecule has 0 radical (unpaired) electrons. The lowest BCUT2D eigenvalue weighted by molar-refractivity contribution is -0.0835. The van der Waals surface area contributed by atoms with E-state index in [4.69, 9.17) is 10.00 Å². The van der Waals surface area contributed by atoms with Gasteiger partial charge in [-0.2, -0.15) is 5.26 Å². The molecule has 1 aromatic rings. The number of guanidine groups is 1. The highest BCUT2D eigenvalue weighted by molar-refractivity contribution is 5.79. The molecule has 26 heavy (non-hydrogen) atoms. The molecule has 2 rings (SSSR count). The van der Waals surface area contributed by atoms with Crippen molar-refractivity contribution in [2.24, 2.45) is 16.3 Å². The number of hydrogen-bond donors (Lipinski definition) is 2. The molecule has 5 nitrogen and oxygen atoms in total. The van der Waals surface area contributed by atoms with E-state index in [0.29, 0.717) is 23.0 Å². The Kier molecular flexibility index (Phi) is 6.98. The molecule has 1 aliphatic heterocycles. The summed E-state index contributed by atoms with van der Waals surface area (Å²) in [5, 5.41) is 15.4. The SMILES string of the molecule is CN=C(NCc1cc(C#N)ccc1F)NCC1CCCOC1C(C)(C)C. The minimum atomic E-state index is -0.333. The maximum atomic E-state index is 13.9. The second-order valence-corrected chi connectivity index (χ2v) is 7.78. The number of nitriles is 1. The van der Waals surface area contributed by atoms with E-state index in [1.54, 1.807) is 13.1 Å². The van der Waals surface area contributed by atoms with Crippen molar-refractivity contribution in [3.8, 4) is 6.07 Å². The highest BCUT2D eigenvalue weighted by Gasteiger charge is 2.35. The Morgan fingerprint density at radius 2 is 2.15 bits per heavy atom. The van der Waals surface area contributed by atoms with E-state index < -0.39 is 0 Å². The Balaban J connectivity index is 1.93. The van der Waals surface area contributed by atoms with Gasteiger partial charge in [0.05, 0.1) is 17.7 Å². The van der Waals surface area contributed by atoms with Crippen molar-refractivity contribution in [3.63, 3.8) is 0 Å². The first kappa shape index (κ1) is 20.2. The molecule has 1 fully saturated rings. The molecule has 0 aromatic heterocycles. The molecular weight excluding hydrogens is 331 g/mol. The van der Waals surface area contributed by atoms with Crippen molar-refractivity contribution >= 4 is 5.96 Å². The normalized spacial score (nSPS) is 21.2.